The highest BCUT2D eigenvalue weighted by Gasteiger charge is 2.38. The molecule has 1 aliphatic heterocycles. The van der Waals surface area contributed by atoms with Gasteiger partial charge in [-0.15, -0.1) is 0 Å². The van der Waals surface area contributed by atoms with Crippen LogP contribution in [0.4, 0.5) is 0 Å². The van der Waals surface area contributed by atoms with Crippen LogP contribution in [-0.2, 0) is 9.47 Å². The largest absolute Gasteiger partial charge is 0.390 e. The Morgan fingerprint density at radius 3 is 1.77 bits per heavy atom. The summed E-state index contributed by atoms with van der Waals surface area (Å²) in [7, 11) is 0. The molecule has 0 aromatic heterocycles. The van der Waals surface area contributed by atoms with Crippen LogP contribution >= 0.6 is 0 Å². The molecule has 1 rings (SSSR count). The van der Waals surface area contributed by atoms with E-state index >= 15 is 0 Å². The fourth-order valence-electron chi connectivity index (χ4n) is 1.51. The normalized spacial score (nSPS) is 33.2. The van der Waals surface area contributed by atoms with Crippen LogP contribution in [0.5, 0.6) is 0 Å². The molecule has 0 aromatic carbocycles. The maximum atomic E-state index is 9.56. The van der Waals surface area contributed by atoms with Gasteiger partial charge in [0.2, 0.25) is 0 Å². The number of hydrogen-bond acceptors (Lipinski definition) is 4. The predicted molar refractivity (Wildman–Crippen MR) is 47.2 cm³/mol. The molecular formula is C9H18O4. The standard InChI is InChI=1S/C9H18O4/c1-3-6(10)8-9(7(11)4-2)13-5-12-8/h6-11H,3-5H2,1-2H3. The van der Waals surface area contributed by atoms with Gasteiger partial charge in [0.05, 0.1) is 12.2 Å². The summed E-state index contributed by atoms with van der Waals surface area (Å²) in [6, 6.07) is 0. The first-order valence-corrected chi connectivity index (χ1v) is 4.80. The minimum atomic E-state index is -0.548. The molecule has 4 heteroatoms. The maximum Gasteiger partial charge on any atom is 0.148 e. The summed E-state index contributed by atoms with van der Waals surface area (Å²) in [5.41, 5.74) is 0. The summed E-state index contributed by atoms with van der Waals surface area (Å²) < 4.78 is 10.4. The van der Waals surface area contributed by atoms with Crippen LogP contribution in [0, 0.1) is 0 Å². The summed E-state index contributed by atoms with van der Waals surface area (Å²) in [5.74, 6) is 0. The van der Waals surface area contributed by atoms with Crippen molar-refractivity contribution in [2.24, 2.45) is 0 Å². The van der Waals surface area contributed by atoms with Crippen LogP contribution in [0.1, 0.15) is 26.7 Å². The summed E-state index contributed by atoms with van der Waals surface area (Å²) in [6.45, 7) is 3.92. The van der Waals surface area contributed by atoms with E-state index in [0.717, 1.165) is 0 Å². The monoisotopic (exact) mass is 190 g/mol. The van der Waals surface area contributed by atoms with Crippen molar-refractivity contribution in [2.75, 3.05) is 6.79 Å². The molecule has 4 unspecified atom stereocenters. The zero-order chi connectivity index (χ0) is 9.84. The van der Waals surface area contributed by atoms with Crippen molar-refractivity contribution in [3.63, 3.8) is 0 Å². The Labute approximate surface area is 78.5 Å². The lowest BCUT2D eigenvalue weighted by Crippen LogP contribution is -2.41. The third-order valence-electron chi connectivity index (χ3n) is 2.44. The van der Waals surface area contributed by atoms with Crippen LogP contribution in [0.25, 0.3) is 0 Å². The highest BCUT2D eigenvalue weighted by atomic mass is 16.7. The zero-order valence-electron chi connectivity index (χ0n) is 8.14. The van der Waals surface area contributed by atoms with Crippen molar-refractivity contribution in [2.45, 2.75) is 51.1 Å². The molecule has 78 valence electrons. The van der Waals surface area contributed by atoms with E-state index in [-0.39, 0.29) is 19.0 Å². The number of ether oxygens (including phenoxy) is 2. The Hall–Kier alpha value is -0.160. The summed E-state index contributed by atoms with van der Waals surface area (Å²) in [6.07, 6.45) is -0.621. The molecule has 1 heterocycles. The van der Waals surface area contributed by atoms with Gasteiger partial charge in [-0.2, -0.15) is 0 Å². The molecular weight excluding hydrogens is 172 g/mol. The van der Waals surface area contributed by atoms with Crippen LogP contribution in [0.3, 0.4) is 0 Å². The SMILES string of the molecule is CCC(O)C1OCOC1C(O)CC. The molecule has 0 bridgehead atoms. The van der Waals surface area contributed by atoms with Gasteiger partial charge < -0.3 is 19.7 Å². The number of hydrogen-bond donors (Lipinski definition) is 2. The minimum absolute atomic E-state index is 0.170. The number of aliphatic hydroxyl groups excluding tert-OH is 2. The Bertz CT molecular complexity index is 135. The molecule has 0 aromatic rings. The van der Waals surface area contributed by atoms with Gasteiger partial charge in [0.15, 0.2) is 0 Å². The highest BCUT2D eigenvalue weighted by Crippen LogP contribution is 2.22. The van der Waals surface area contributed by atoms with E-state index < -0.39 is 12.2 Å². The average Bonchev–Trinajstić information content (AvgIpc) is 2.63. The van der Waals surface area contributed by atoms with E-state index in [1.54, 1.807) is 0 Å². The van der Waals surface area contributed by atoms with Crippen LogP contribution in [0.15, 0.2) is 0 Å². The second kappa shape index (κ2) is 4.91. The first kappa shape index (κ1) is 10.9. The Morgan fingerprint density at radius 2 is 1.46 bits per heavy atom. The molecule has 0 saturated carbocycles. The molecule has 1 saturated heterocycles. The summed E-state index contributed by atoms with van der Waals surface area (Å²) in [4.78, 5) is 0. The van der Waals surface area contributed by atoms with Gasteiger partial charge in [0, 0.05) is 0 Å². The molecule has 4 atom stereocenters. The first-order valence-electron chi connectivity index (χ1n) is 4.80. The third kappa shape index (κ3) is 2.40. The van der Waals surface area contributed by atoms with Gasteiger partial charge in [-0.05, 0) is 12.8 Å². The van der Waals surface area contributed by atoms with Gasteiger partial charge in [0.1, 0.15) is 19.0 Å². The third-order valence-corrected chi connectivity index (χ3v) is 2.44. The first-order chi connectivity index (χ1) is 6.20. The van der Waals surface area contributed by atoms with Crippen molar-refractivity contribution in [1.82, 2.24) is 0 Å². The van der Waals surface area contributed by atoms with E-state index in [4.69, 9.17) is 9.47 Å². The van der Waals surface area contributed by atoms with Crippen molar-refractivity contribution in [3.05, 3.63) is 0 Å². The Morgan fingerprint density at radius 1 is 1.08 bits per heavy atom. The second-order valence-electron chi connectivity index (χ2n) is 3.33. The summed E-state index contributed by atoms with van der Waals surface area (Å²) >= 11 is 0. The fraction of sp³-hybridized carbons (Fsp3) is 1.00. The van der Waals surface area contributed by atoms with Crippen molar-refractivity contribution in [3.8, 4) is 0 Å². The van der Waals surface area contributed by atoms with E-state index in [9.17, 15) is 10.2 Å². The van der Waals surface area contributed by atoms with E-state index in [1.807, 2.05) is 13.8 Å². The number of aliphatic hydroxyl groups is 2. The summed E-state index contributed by atoms with van der Waals surface area (Å²) in [5, 5.41) is 19.1. The smallest absolute Gasteiger partial charge is 0.148 e. The topological polar surface area (TPSA) is 58.9 Å². The lowest BCUT2D eigenvalue weighted by Gasteiger charge is -2.24. The van der Waals surface area contributed by atoms with Crippen molar-refractivity contribution >= 4 is 0 Å². The Balaban J connectivity index is 2.52. The van der Waals surface area contributed by atoms with Crippen LogP contribution < -0.4 is 0 Å². The van der Waals surface area contributed by atoms with Gasteiger partial charge in [-0.3, -0.25) is 0 Å². The van der Waals surface area contributed by atoms with E-state index in [0.29, 0.717) is 12.8 Å². The lowest BCUT2D eigenvalue weighted by molar-refractivity contribution is -0.0362. The highest BCUT2D eigenvalue weighted by molar-refractivity contribution is 4.84. The van der Waals surface area contributed by atoms with E-state index in [1.165, 1.54) is 0 Å². The molecule has 0 aliphatic carbocycles. The van der Waals surface area contributed by atoms with Crippen molar-refractivity contribution in [1.29, 1.82) is 0 Å². The Kier molecular flexibility index (Phi) is 4.12. The lowest BCUT2D eigenvalue weighted by atomic mass is 10.0. The van der Waals surface area contributed by atoms with Crippen LogP contribution in [0.2, 0.25) is 0 Å². The van der Waals surface area contributed by atoms with Gasteiger partial charge in [-0.25, -0.2) is 0 Å². The molecule has 13 heavy (non-hydrogen) atoms. The quantitative estimate of drug-likeness (QED) is 0.668. The maximum absolute atomic E-state index is 9.56. The average molecular weight is 190 g/mol. The second-order valence-corrected chi connectivity index (χ2v) is 3.33. The minimum Gasteiger partial charge on any atom is -0.390 e. The molecule has 0 amide bonds. The van der Waals surface area contributed by atoms with Gasteiger partial charge >= 0.3 is 0 Å². The molecule has 0 spiro atoms. The van der Waals surface area contributed by atoms with Crippen molar-refractivity contribution < 1.29 is 19.7 Å². The molecule has 1 fully saturated rings. The van der Waals surface area contributed by atoms with Crippen LogP contribution in [-0.4, -0.2) is 41.4 Å². The number of rotatable bonds is 4. The molecule has 4 nitrogen and oxygen atoms in total. The zero-order valence-corrected chi connectivity index (χ0v) is 8.14. The predicted octanol–water partition coefficient (Wildman–Crippen LogP) is 0.270. The fourth-order valence-corrected chi connectivity index (χ4v) is 1.51. The molecule has 2 N–H and O–H groups in total. The van der Waals surface area contributed by atoms with Gasteiger partial charge in [-0.1, -0.05) is 13.8 Å². The molecule has 1 aliphatic rings. The van der Waals surface area contributed by atoms with Gasteiger partial charge in [0.25, 0.3) is 0 Å². The van der Waals surface area contributed by atoms with E-state index in [2.05, 4.69) is 0 Å². The molecule has 0 radical (unpaired) electrons.